The number of alkyl halides is 12. The first kappa shape index (κ1) is 34.9. The minimum atomic E-state index is -8.41. The van der Waals surface area contributed by atoms with Gasteiger partial charge in [-0.25, -0.2) is 16.8 Å². The third-order valence-corrected chi connectivity index (χ3v) is 10.0. The molecule has 0 bridgehead atoms. The zero-order valence-electron chi connectivity index (χ0n) is 18.0. The predicted molar refractivity (Wildman–Crippen MR) is 117 cm³/mol. The van der Waals surface area contributed by atoms with Crippen LogP contribution in [0.5, 0.6) is 0 Å². The fourth-order valence-electron chi connectivity index (χ4n) is 2.76. The monoisotopic (exact) mass is 718 g/mol. The smallest absolute Gasteiger partial charge is 0.217 e. The van der Waals surface area contributed by atoms with Gasteiger partial charge in [0.05, 0.1) is 19.8 Å². The van der Waals surface area contributed by atoms with Gasteiger partial charge in [0, 0.05) is 10.0 Å². The normalized spacial score (nSPS) is 14.9. The standard InChI is InChI=1S/C18H6Cl4F12O4S2/c19-7-1-3-11(9(21)5-7)39(35,36)17(31,32)15(27,28)13(23,24)14(25,26)16(29,30)18(33,34)40(37,38)12-4-2-8(20)6-10(12)22/h1-6H. The lowest BCUT2D eigenvalue weighted by Crippen LogP contribution is -2.72. The molecule has 0 spiro atoms. The molecule has 0 aliphatic rings. The van der Waals surface area contributed by atoms with Gasteiger partial charge in [-0.3, -0.25) is 0 Å². The molecule has 0 aliphatic carbocycles. The minimum absolute atomic E-state index is 0.0779. The Bertz CT molecular complexity index is 1430. The molecule has 0 fully saturated rings. The Hall–Kier alpha value is -1.34. The van der Waals surface area contributed by atoms with Gasteiger partial charge >= 0.3 is 34.2 Å². The third-order valence-electron chi connectivity index (χ3n) is 4.96. The van der Waals surface area contributed by atoms with Gasteiger partial charge in [-0.05, 0) is 36.4 Å². The van der Waals surface area contributed by atoms with Gasteiger partial charge in [-0.1, -0.05) is 46.4 Å². The average molecular weight is 720 g/mol. The molecular weight excluding hydrogens is 714 g/mol. The number of halogens is 16. The van der Waals surface area contributed by atoms with Crippen LogP contribution in [0.1, 0.15) is 0 Å². The number of rotatable bonds is 9. The van der Waals surface area contributed by atoms with Crippen LogP contribution in [-0.2, 0) is 19.7 Å². The Morgan fingerprint density at radius 1 is 0.450 bits per heavy atom. The first-order valence-corrected chi connectivity index (χ1v) is 13.7. The molecule has 2 rings (SSSR count). The Morgan fingerprint density at radius 3 is 0.925 bits per heavy atom. The van der Waals surface area contributed by atoms with Gasteiger partial charge in [-0.2, -0.15) is 52.7 Å². The summed E-state index contributed by atoms with van der Waals surface area (Å²) in [5, 5.41) is -19.0. The Kier molecular flexibility index (Phi) is 8.83. The summed E-state index contributed by atoms with van der Waals surface area (Å²) in [6, 6.07) is 1.18. The van der Waals surface area contributed by atoms with Gasteiger partial charge in [0.15, 0.2) is 0 Å². The maximum Gasteiger partial charge on any atom is 0.418 e. The van der Waals surface area contributed by atoms with Crippen LogP contribution in [0.15, 0.2) is 46.2 Å². The van der Waals surface area contributed by atoms with E-state index in [4.69, 9.17) is 46.4 Å². The van der Waals surface area contributed by atoms with Crippen molar-refractivity contribution in [1.29, 1.82) is 0 Å². The van der Waals surface area contributed by atoms with Crippen molar-refractivity contribution in [2.45, 2.75) is 44.0 Å². The van der Waals surface area contributed by atoms with Gasteiger partial charge in [0.25, 0.3) is 19.7 Å². The van der Waals surface area contributed by atoms with Crippen molar-refractivity contribution in [2.24, 2.45) is 0 Å². The van der Waals surface area contributed by atoms with Crippen LogP contribution in [0.4, 0.5) is 52.7 Å². The molecular formula is C18H6Cl4F12O4S2. The lowest BCUT2D eigenvalue weighted by molar-refractivity contribution is -0.407. The Morgan fingerprint density at radius 2 is 0.700 bits per heavy atom. The quantitative estimate of drug-likeness (QED) is 0.245. The van der Waals surface area contributed by atoms with E-state index in [1.807, 2.05) is 0 Å². The van der Waals surface area contributed by atoms with E-state index in [0.717, 1.165) is 0 Å². The van der Waals surface area contributed by atoms with Crippen molar-refractivity contribution in [3.05, 3.63) is 56.5 Å². The third kappa shape index (κ3) is 4.69. The van der Waals surface area contributed by atoms with Crippen molar-refractivity contribution >= 4 is 66.1 Å². The van der Waals surface area contributed by atoms with Crippen molar-refractivity contribution in [1.82, 2.24) is 0 Å². The van der Waals surface area contributed by atoms with Crippen molar-refractivity contribution in [3.63, 3.8) is 0 Å². The molecule has 0 amide bonds. The lowest BCUT2D eigenvalue weighted by atomic mass is 9.98. The Labute approximate surface area is 235 Å². The highest BCUT2D eigenvalue weighted by Gasteiger charge is 2.93. The van der Waals surface area contributed by atoms with Crippen LogP contribution >= 0.6 is 46.4 Å². The Balaban J connectivity index is 2.76. The maximum atomic E-state index is 14.4. The average Bonchev–Trinajstić information content (AvgIpc) is 2.77. The summed E-state index contributed by atoms with van der Waals surface area (Å²) < 4.78 is 220. The number of hydrogen-bond donors (Lipinski definition) is 0. The predicted octanol–water partition coefficient (Wildman–Crippen LogP) is 8.27. The molecule has 0 unspecified atom stereocenters. The fourth-order valence-corrected chi connectivity index (χ4v) is 6.80. The molecule has 22 heteroatoms. The van der Waals surface area contributed by atoms with Crippen LogP contribution < -0.4 is 0 Å². The van der Waals surface area contributed by atoms with E-state index in [0.29, 0.717) is 24.3 Å². The van der Waals surface area contributed by atoms with Crippen LogP contribution in [0, 0.1) is 0 Å². The molecule has 0 N–H and O–H groups in total. The highest BCUT2D eigenvalue weighted by molar-refractivity contribution is 7.93. The molecule has 0 aliphatic heterocycles. The van der Waals surface area contributed by atoms with Gasteiger partial charge in [0.2, 0.25) is 0 Å². The van der Waals surface area contributed by atoms with Gasteiger partial charge < -0.3 is 0 Å². The summed E-state index contributed by atoms with van der Waals surface area (Å²) in [6.07, 6.45) is 0. The first-order chi connectivity index (χ1) is 17.6. The van der Waals surface area contributed by atoms with E-state index in [1.54, 1.807) is 0 Å². The van der Waals surface area contributed by atoms with E-state index in [1.165, 1.54) is 0 Å². The minimum Gasteiger partial charge on any atom is -0.217 e. The highest BCUT2D eigenvalue weighted by Crippen LogP contribution is 2.62. The molecule has 4 nitrogen and oxygen atoms in total. The zero-order valence-corrected chi connectivity index (χ0v) is 22.6. The largest absolute Gasteiger partial charge is 0.418 e. The summed E-state index contributed by atoms with van der Waals surface area (Å²) in [5.74, 6) is -33.1. The zero-order chi connectivity index (χ0) is 31.7. The molecule has 2 aromatic rings. The number of hydrogen-bond acceptors (Lipinski definition) is 4. The summed E-state index contributed by atoms with van der Waals surface area (Å²) in [6.45, 7) is 0. The second-order valence-electron chi connectivity index (χ2n) is 7.49. The summed E-state index contributed by atoms with van der Waals surface area (Å²) in [5.41, 5.74) is 0. The second kappa shape index (κ2) is 10.1. The molecule has 0 aromatic heterocycles. The summed E-state index contributed by atoms with van der Waals surface area (Å²) in [4.78, 5) is -4.28. The molecule has 40 heavy (non-hydrogen) atoms. The summed E-state index contributed by atoms with van der Waals surface area (Å²) in [7, 11) is -14.6. The maximum absolute atomic E-state index is 14.4. The molecule has 0 atom stereocenters. The van der Waals surface area contributed by atoms with Crippen LogP contribution in [-0.4, -0.2) is 51.0 Å². The van der Waals surface area contributed by atoms with Crippen LogP contribution in [0.25, 0.3) is 0 Å². The number of sulfone groups is 2. The number of benzene rings is 2. The molecule has 0 heterocycles. The van der Waals surface area contributed by atoms with E-state index >= 15 is 0 Å². The lowest BCUT2D eigenvalue weighted by Gasteiger charge is -2.40. The van der Waals surface area contributed by atoms with Crippen molar-refractivity contribution in [2.75, 3.05) is 0 Å². The highest BCUT2D eigenvalue weighted by atomic mass is 35.5. The van der Waals surface area contributed by atoms with E-state index in [-0.39, 0.29) is 12.1 Å². The van der Waals surface area contributed by atoms with E-state index < -0.39 is 83.8 Å². The molecule has 0 saturated heterocycles. The SMILES string of the molecule is O=S(=O)(c1ccc(Cl)cc1Cl)C(F)(F)C(F)(F)C(F)(F)C(F)(F)C(F)(F)C(F)(F)S(=O)(=O)c1ccc(Cl)cc1Cl. The fraction of sp³-hybridized carbons (Fsp3) is 0.333. The first-order valence-electron chi connectivity index (χ1n) is 9.23. The second-order valence-corrected chi connectivity index (χ2v) is 13.1. The topological polar surface area (TPSA) is 68.3 Å². The van der Waals surface area contributed by atoms with E-state index in [2.05, 4.69) is 0 Å². The van der Waals surface area contributed by atoms with Crippen LogP contribution in [0.2, 0.25) is 20.1 Å². The van der Waals surface area contributed by atoms with Crippen molar-refractivity contribution in [3.8, 4) is 0 Å². The molecule has 0 radical (unpaired) electrons. The van der Waals surface area contributed by atoms with Crippen molar-refractivity contribution < 1.29 is 69.5 Å². The summed E-state index contributed by atoms with van der Waals surface area (Å²) >= 11 is 21.2. The molecule has 226 valence electrons. The molecule has 0 saturated carbocycles. The van der Waals surface area contributed by atoms with Gasteiger partial charge in [0.1, 0.15) is 0 Å². The molecule has 2 aromatic carbocycles. The van der Waals surface area contributed by atoms with Gasteiger partial charge in [-0.15, -0.1) is 0 Å². The van der Waals surface area contributed by atoms with Crippen LogP contribution in [0.3, 0.4) is 0 Å². The van der Waals surface area contributed by atoms with E-state index in [9.17, 15) is 69.5 Å².